The molecule has 1 fully saturated rings. The van der Waals surface area contributed by atoms with Crippen molar-refractivity contribution in [3.8, 4) is 0 Å². The van der Waals surface area contributed by atoms with Crippen LogP contribution in [-0.2, 0) is 20.7 Å². The Bertz CT molecular complexity index is 929. The Morgan fingerprint density at radius 3 is 2.40 bits per heavy atom. The van der Waals surface area contributed by atoms with Crippen LogP contribution in [0, 0.1) is 0 Å². The van der Waals surface area contributed by atoms with Crippen molar-refractivity contribution in [2.24, 2.45) is 0 Å². The molecule has 0 saturated heterocycles. The van der Waals surface area contributed by atoms with Crippen LogP contribution in [-0.4, -0.2) is 25.0 Å². The van der Waals surface area contributed by atoms with Crippen LogP contribution in [0.4, 0.5) is 5.69 Å². The number of benzene rings is 2. The number of amides is 2. The molecule has 0 aromatic heterocycles. The van der Waals surface area contributed by atoms with Crippen molar-refractivity contribution in [2.75, 3.05) is 12.4 Å². The Morgan fingerprint density at radius 2 is 1.73 bits per heavy atom. The maximum absolute atomic E-state index is 12.9. The van der Waals surface area contributed by atoms with Gasteiger partial charge in [0, 0.05) is 5.69 Å². The zero-order chi connectivity index (χ0) is 20.9. The van der Waals surface area contributed by atoms with E-state index in [1.165, 1.54) is 44.8 Å². The van der Waals surface area contributed by atoms with Gasteiger partial charge in [-0.1, -0.05) is 61.7 Å². The van der Waals surface area contributed by atoms with Crippen LogP contribution in [0.15, 0.2) is 65.9 Å². The van der Waals surface area contributed by atoms with Gasteiger partial charge >= 0.3 is 0 Å². The number of carbonyl (C=O) groups is 2. The summed E-state index contributed by atoms with van der Waals surface area (Å²) in [4.78, 5) is 25.4. The Labute approximate surface area is 177 Å². The van der Waals surface area contributed by atoms with E-state index in [-0.39, 0.29) is 11.6 Å². The first-order valence-corrected chi connectivity index (χ1v) is 10.7. The number of rotatable bonds is 6. The molecule has 5 heteroatoms. The lowest BCUT2D eigenvalue weighted by molar-refractivity contribution is -0.120. The number of hydrogen-bond acceptors (Lipinski definition) is 3. The molecule has 1 aliphatic carbocycles. The molecule has 2 aliphatic rings. The number of nitrogens with one attached hydrogen (secondary N) is 2. The van der Waals surface area contributed by atoms with E-state index in [0.717, 1.165) is 5.56 Å². The lowest BCUT2D eigenvalue weighted by atomic mass is 9.84. The average Bonchev–Trinajstić information content (AvgIpc) is 3.10. The molecule has 4 rings (SSSR count). The SMILES string of the molecule is COC1=C(C(=O)Nc2ccc(C3CCCCC3)cc2)C(=O)NC1Cc1ccccc1. The molecule has 2 aromatic carbocycles. The van der Waals surface area contributed by atoms with E-state index in [4.69, 9.17) is 4.74 Å². The molecule has 0 radical (unpaired) electrons. The van der Waals surface area contributed by atoms with Gasteiger partial charge in [-0.3, -0.25) is 9.59 Å². The first kappa shape index (κ1) is 20.2. The normalized spacial score (nSPS) is 19.5. The Hall–Kier alpha value is -3.08. The van der Waals surface area contributed by atoms with E-state index in [0.29, 0.717) is 23.8 Å². The van der Waals surface area contributed by atoms with Gasteiger partial charge in [-0.05, 0) is 48.4 Å². The minimum Gasteiger partial charge on any atom is -0.498 e. The van der Waals surface area contributed by atoms with Crippen LogP contribution in [0.1, 0.15) is 49.1 Å². The van der Waals surface area contributed by atoms with E-state index in [1.807, 2.05) is 42.5 Å². The van der Waals surface area contributed by atoms with E-state index >= 15 is 0 Å². The quantitative estimate of drug-likeness (QED) is 0.705. The predicted octanol–water partition coefficient (Wildman–Crippen LogP) is 4.31. The van der Waals surface area contributed by atoms with Gasteiger partial charge < -0.3 is 15.4 Å². The van der Waals surface area contributed by atoms with Gasteiger partial charge in [-0.2, -0.15) is 0 Å². The third-order valence-corrected chi connectivity index (χ3v) is 6.07. The van der Waals surface area contributed by atoms with Crippen LogP contribution >= 0.6 is 0 Å². The van der Waals surface area contributed by atoms with Crippen molar-refractivity contribution in [3.63, 3.8) is 0 Å². The summed E-state index contributed by atoms with van der Waals surface area (Å²) in [5, 5.41) is 5.73. The zero-order valence-electron chi connectivity index (χ0n) is 17.3. The molecule has 0 spiro atoms. The lowest BCUT2D eigenvalue weighted by Gasteiger charge is -2.22. The number of anilines is 1. The average molecular weight is 405 g/mol. The zero-order valence-corrected chi connectivity index (χ0v) is 17.3. The second-order valence-corrected chi connectivity index (χ2v) is 8.07. The summed E-state index contributed by atoms with van der Waals surface area (Å²) in [5.41, 5.74) is 3.12. The van der Waals surface area contributed by atoms with Gasteiger partial charge in [-0.15, -0.1) is 0 Å². The Kier molecular flexibility index (Phi) is 6.17. The van der Waals surface area contributed by atoms with Crippen molar-refractivity contribution in [3.05, 3.63) is 77.1 Å². The summed E-state index contributed by atoms with van der Waals surface area (Å²) in [6.45, 7) is 0. The molecule has 0 bridgehead atoms. The van der Waals surface area contributed by atoms with Gasteiger partial charge in [0.15, 0.2) is 0 Å². The molecule has 5 nitrogen and oxygen atoms in total. The Morgan fingerprint density at radius 1 is 1.03 bits per heavy atom. The number of hydrogen-bond donors (Lipinski definition) is 2. The summed E-state index contributed by atoms with van der Waals surface area (Å²) in [6.07, 6.45) is 6.95. The molecule has 2 amide bonds. The van der Waals surface area contributed by atoms with E-state index in [2.05, 4.69) is 22.8 Å². The highest BCUT2D eigenvalue weighted by molar-refractivity contribution is 6.24. The molecule has 1 saturated carbocycles. The predicted molar refractivity (Wildman–Crippen MR) is 117 cm³/mol. The first-order valence-electron chi connectivity index (χ1n) is 10.7. The van der Waals surface area contributed by atoms with Crippen molar-refractivity contribution >= 4 is 17.5 Å². The topological polar surface area (TPSA) is 67.4 Å². The van der Waals surface area contributed by atoms with Gasteiger partial charge in [0.1, 0.15) is 11.3 Å². The minimum absolute atomic E-state index is 0.0507. The molecule has 2 aromatic rings. The third-order valence-electron chi connectivity index (χ3n) is 6.07. The van der Waals surface area contributed by atoms with Gasteiger partial charge in [0.25, 0.3) is 11.8 Å². The number of methoxy groups -OCH3 is 1. The maximum atomic E-state index is 12.9. The molecular formula is C25H28N2O3. The fraction of sp³-hybridized carbons (Fsp3) is 0.360. The molecule has 30 heavy (non-hydrogen) atoms. The van der Waals surface area contributed by atoms with Crippen molar-refractivity contribution in [1.82, 2.24) is 5.32 Å². The fourth-order valence-corrected chi connectivity index (χ4v) is 4.50. The van der Waals surface area contributed by atoms with Gasteiger partial charge in [0.05, 0.1) is 13.2 Å². The van der Waals surface area contributed by atoms with E-state index < -0.39 is 11.8 Å². The highest BCUT2D eigenvalue weighted by Crippen LogP contribution is 2.33. The second-order valence-electron chi connectivity index (χ2n) is 8.07. The summed E-state index contributed by atoms with van der Waals surface area (Å²) >= 11 is 0. The highest BCUT2D eigenvalue weighted by Gasteiger charge is 2.37. The fourth-order valence-electron chi connectivity index (χ4n) is 4.50. The van der Waals surface area contributed by atoms with Crippen LogP contribution in [0.3, 0.4) is 0 Å². The van der Waals surface area contributed by atoms with Crippen molar-refractivity contribution in [2.45, 2.75) is 50.5 Å². The highest BCUT2D eigenvalue weighted by atomic mass is 16.5. The monoisotopic (exact) mass is 404 g/mol. The summed E-state index contributed by atoms with van der Waals surface area (Å²) in [7, 11) is 1.50. The second kappa shape index (κ2) is 9.16. The number of ether oxygens (including phenoxy) is 1. The smallest absolute Gasteiger partial charge is 0.264 e. The van der Waals surface area contributed by atoms with Crippen LogP contribution in [0.25, 0.3) is 0 Å². The van der Waals surface area contributed by atoms with Gasteiger partial charge in [0.2, 0.25) is 0 Å². The summed E-state index contributed by atoms with van der Waals surface area (Å²) in [6, 6.07) is 17.5. The maximum Gasteiger partial charge on any atom is 0.264 e. The molecule has 1 unspecified atom stereocenters. The van der Waals surface area contributed by atoms with Crippen LogP contribution in [0.5, 0.6) is 0 Å². The van der Waals surface area contributed by atoms with Crippen LogP contribution < -0.4 is 10.6 Å². The largest absolute Gasteiger partial charge is 0.498 e. The molecule has 1 aliphatic heterocycles. The molecule has 2 N–H and O–H groups in total. The molecule has 1 heterocycles. The summed E-state index contributed by atoms with van der Waals surface area (Å²) in [5.74, 6) is 0.167. The first-order chi connectivity index (χ1) is 14.7. The van der Waals surface area contributed by atoms with Crippen molar-refractivity contribution in [1.29, 1.82) is 0 Å². The van der Waals surface area contributed by atoms with Crippen molar-refractivity contribution < 1.29 is 14.3 Å². The molecular weight excluding hydrogens is 376 g/mol. The van der Waals surface area contributed by atoms with E-state index in [9.17, 15) is 9.59 Å². The third kappa shape index (κ3) is 4.40. The van der Waals surface area contributed by atoms with Gasteiger partial charge in [-0.25, -0.2) is 0 Å². The number of carbonyl (C=O) groups excluding carboxylic acids is 2. The summed E-state index contributed by atoms with van der Waals surface area (Å²) < 4.78 is 5.47. The molecule has 156 valence electrons. The molecule has 1 atom stereocenters. The standard InChI is InChI=1S/C25H28N2O3/c1-30-23-21(16-17-8-4-2-5-9-17)27-25(29)22(23)24(28)26-20-14-12-19(13-15-20)18-10-6-3-7-11-18/h2,4-5,8-9,12-15,18,21H,3,6-7,10-11,16H2,1H3,(H,26,28)(H,27,29). The van der Waals surface area contributed by atoms with E-state index in [1.54, 1.807) is 0 Å². The minimum atomic E-state index is -0.440. The Balaban J connectivity index is 1.47. The lowest BCUT2D eigenvalue weighted by Crippen LogP contribution is -2.32. The van der Waals surface area contributed by atoms with Crippen LogP contribution in [0.2, 0.25) is 0 Å².